The molecule has 0 amide bonds. The summed E-state index contributed by atoms with van der Waals surface area (Å²) in [7, 11) is 1.69. The highest BCUT2D eigenvalue weighted by Crippen LogP contribution is 2.38. The number of rotatable bonds is 6. The van der Waals surface area contributed by atoms with E-state index in [2.05, 4.69) is 34.4 Å². The monoisotopic (exact) mass is 330 g/mol. The van der Waals surface area contributed by atoms with Crippen LogP contribution in [0, 0.1) is 0 Å². The molecule has 0 N–H and O–H groups in total. The van der Waals surface area contributed by atoms with Crippen LogP contribution in [-0.2, 0) is 0 Å². The van der Waals surface area contributed by atoms with Crippen LogP contribution in [0.5, 0.6) is 5.75 Å². The second kappa shape index (κ2) is 7.11. The van der Waals surface area contributed by atoms with Crippen molar-refractivity contribution in [3.8, 4) is 16.9 Å². The highest BCUT2D eigenvalue weighted by atomic mass is 32.2. The van der Waals surface area contributed by atoms with Crippen LogP contribution in [0.4, 0.5) is 0 Å². The Morgan fingerprint density at radius 3 is 2.73 bits per heavy atom. The van der Waals surface area contributed by atoms with E-state index in [1.807, 2.05) is 23.9 Å². The molecule has 2 aromatic heterocycles. The van der Waals surface area contributed by atoms with Gasteiger partial charge in [-0.25, -0.2) is 9.97 Å². The van der Waals surface area contributed by atoms with E-state index in [0.717, 1.165) is 21.4 Å². The lowest BCUT2D eigenvalue weighted by Gasteiger charge is -2.06. The van der Waals surface area contributed by atoms with E-state index in [1.54, 1.807) is 24.8 Å². The molecule has 0 aliphatic rings. The number of unbranched alkanes of at least 4 members (excludes halogenated alkanes) is 1. The summed E-state index contributed by atoms with van der Waals surface area (Å²) in [5.41, 5.74) is 2.39. The maximum absolute atomic E-state index is 5.24. The molecule has 0 aliphatic heterocycles. The first-order valence-electron chi connectivity index (χ1n) is 7.33. The Labute approximate surface area is 138 Å². The molecule has 0 spiro atoms. The molecule has 0 radical (unpaired) electrons. The van der Waals surface area contributed by atoms with Gasteiger partial charge in [0.1, 0.15) is 21.9 Å². The highest BCUT2D eigenvalue weighted by molar-refractivity contribution is 7.99. The lowest BCUT2D eigenvalue weighted by molar-refractivity contribution is 0.415. The maximum Gasteiger partial charge on any atom is 0.128 e. The third-order valence-electron chi connectivity index (χ3n) is 3.47. The summed E-state index contributed by atoms with van der Waals surface area (Å²) in [4.78, 5) is 9.98. The fourth-order valence-electron chi connectivity index (χ4n) is 2.25. The van der Waals surface area contributed by atoms with E-state index in [-0.39, 0.29) is 0 Å². The number of thioether (sulfide) groups is 1. The summed E-state index contributed by atoms with van der Waals surface area (Å²) in [6, 6.07) is 8.17. The molecule has 0 fully saturated rings. The molecule has 1 aromatic carbocycles. The molecule has 0 saturated heterocycles. The van der Waals surface area contributed by atoms with Gasteiger partial charge >= 0.3 is 0 Å². The van der Waals surface area contributed by atoms with E-state index >= 15 is 0 Å². The molecule has 3 aromatic rings. The second-order valence-corrected chi connectivity index (χ2v) is 6.88. The normalized spacial score (nSPS) is 11.0. The molecule has 22 heavy (non-hydrogen) atoms. The van der Waals surface area contributed by atoms with Crippen LogP contribution >= 0.6 is 23.1 Å². The average molecular weight is 330 g/mol. The van der Waals surface area contributed by atoms with Crippen LogP contribution in [0.15, 0.2) is 41.0 Å². The van der Waals surface area contributed by atoms with Crippen molar-refractivity contribution in [3.05, 3.63) is 36.0 Å². The van der Waals surface area contributed by atoms with E-state index in [9.17, 15) is 0 Å². The predicted octanol–water partition coefficient (Wildman–Crippen LogP) is 5.26. The minimum absolute atomic E-state index is 0.872. The third-order valence-corrected chi connectivity index (χ3v) is 5.44. The van der Waals surface area contributed by atoms with E-state index in [1.165, 1.54) is 29.4 Å². The van der Waals surface area contributed by atoms with Gasteiger partial charge in [-0.05, 0) is 29.9 Å². The number of aromatic nitrogens is 2. The van der Waals surface area contributed by atoms with Crippen molar-refractivity contribution in [1.29, 1.82) is 0 Å². The molecule has 0 aliphatic carbocycles. The molecule has 0 saturated carbocycles. The number of methoxy groups -OCH3 is 1. The van der Waals surface area contributed by atoms with Gasteiger partial charge in [0, 0.05) is 10.9 Å². The second-order valence-electron chi connectivity index (χ2n) is 4.94. The Balaban J connectivity index is 2.01. The van der Waals surface area contributed by atoms with Crippen molar-refractivity contribution < 1.29 is 4.74 Å². The number of benzene rings is 1. The predicted molar refractivity (Wildman–Crippen MR) is 95.0 cm³/mol. The first-order valence-corrected chi connectivity index (χ1v) is 9.19. The molecule has 2 heterocycles. The van der Waals surface area contributed by atoms with Gasteiger partial charge in [-0.2, -0.15) is 0 Å². The SMILES string of the molecule is CCCCSc1ncnc2scc(-c3ccc(OC)cc3)c12. The summed E-state index contributed by atoms with van der Waals surface area (Å²) >= 11 is 3.50. The van der Waals surface area contributed by atoms with Crippen LogP contribution in [0.2, 0.25) is 0 Å². The fourth-order valence-corrected chi connectivity index (χ4v) is 4.33. The van der Waals surface area contributed by atoms with E-state index in [0.29, 0.717) is 0 Å². The van der Waals surface area contributed by atoms with Crippen LogP contribution in [0.1, 0.15) is 19.8 Å². The van der Waals surface area contributed by atoms with Crippen LogP contribution < -0.4 is 4.74 Å². The number of fused-ring (bicyclic) bond motifs is 1. The quantitative estimate of drug-likeness (QED) is 0.351. The molecule has 0 bridgehead atoms. The van der Waals surface area contributed by atoms with Crippen molar-refractivity contribution >= 4 is 33.3 Å². The van der Waals surface area contributed by atoms with Crippen LogP contribution in [-0.4, -0.2) is 22.8 Å². The first kappa shape index (κ1) is 15.3. The summed E-state index contributed by atoms with van der Waals surface area (Å²) in [5, 5.41) is 4.44. The largest absolute Gasteiger partial charge is 0.497 e. The minimum atomic E-state index is 0.872. The summed E-state index contributed by atoms with van der Waals surface area (Å²) < 4.78 is 5.24. The van der Waals surface area contributed by atoms with Gasteiger partial charge in [-0.15, -0.1) is 23.1 Å². The van der Waals surface area contributed by atoms with Gasteiger partial charge in [-0.1, -0.05) is 25.5 Å². The van der Waals surface area contributed by atoms with Crippen LogP contribution in [0.25, 0.3) is 21.3 Å². The third kappa shape index (κ3) is 3.10. The summed E-state index contributed by atoms with van der Waals surface area (Å²) in [6.07, 6.45) is 4.08. The number of hydrogen-bond acceptors (Lipinski definition) is 5. The van der Waals surface area contributed by atoms with Gasteiger partial charge in [0.15, 0.2) is 0 Å². The molecule has 5 heteroatoms. The van der Waals surface area contributed by atoms with Crippen molar-refractivity contribution in [2.75, 3.05) is 12.9 Å². The Morgan fingerprint density at radius 2 is 2.00 bits per heavy atom. The van der Waals surface area contributed by atoms with Crippen LogP contribution in [0.3, 0.4) is 0 Å². The zero-order valence-corrected chi connectivity index (χ0v) is 14.3. The maximum atomic E-state index is 5.24. The number of ether oxygens (including phenoxy) is 1. The molecular weight excluding hydrogens is 312 g/mol. The van der Waals surface area contributed by atoms with Gasteiger partial charge in [0.05, 0.1) is 12.5 Å². The van der Waals surface area contributed by atoms with Crippen molar-refractivity contribution in [3.63, 3.8) is 0 Å². The lowest BCUT2D eigenvalue weighted by Crippen LogP contribution is -1.88. The molecule has 114 valence electrons. The van der Waals surface area contributed by atoms with Gasteiger partial charge < -0.3 is 4.74 Å². The van der Waals surface area contributed by atoms with Gasteiger partial charge in [-0.3, -0.25) is 0 Å². The minimum Gasteiger partial charge on any atom is -0.497 e. The average Bonchev–Trinajstić information content (AvgIpc) is 3.00. The lowest BCUT2D eigenvalue weighted by atomic mass is 10.1. The topological polar surface area (TPSA) is 35.0 Å². The van der Waals surface area contributed by atoms with Gasteiger partial charge in [0.2, 0.25) is 0 Å². The number of nitrogens with zero attached hydrogens (tertiary/aromatic N) is 2. The highest BCUT2D eigenvalue weighted by Gasteiger charge is 2.13. The molecular formula is C17H18N2OS2. The van der Waals surface area contributed by atoms with Crippen molar-refractivity contribution in [2.24, 2.45) is 0 Å². The molecule has 3 rings (SSSR count). The first-order chi connectivity index (χ1) is 10.8. The number of thiophene rings is 1. The van der Waals surface area contributed by atoms with Crippen molar-refractivity contribution in [1.82, 2.24) is 9.97 Å². The Bertz CT molecular complexity index is 753. The Hall–Kier alpha value is -1.59. The van der Waals surface area contributed by atoms with E-state index in [4.69, 9.17) is 4.74 Å². The number of hydrogen-bond donors (Lipinski definition) is 0. The Morgan fingerprint density at radius 1 is 1.18 bits per heavy atom. The smallest absolute Gasteiger partial charge is 0.128 e. The molecule has 0 unspecified atom stereocenters. The summed E-state index contributed by atoms with van der Waals surface area (Å²) in [5.74, 6) is 1.97. The van der Waals surface area contributed by atoms with Gasteiger partial charge in [0.25, 0.3) is 0 Å². The standard InChI is InChI=1S/C17H18N2OS2/c1-3-4-9-21-16-15-14(10-22-17(15)19-11-18-16)12-5-7-13(20-2)8-6-12/h5-8,10-11H,3-4,9H2,1-2H3. The molecule has 3 nitrogen and oxygen atoms in total. The zero-order valence-electron chi connectivity index (χ0n) is 12.7. The summed E-state index contributed by atoms with van der Waals surface area (Å²) in [6.45, 7) is 2.21. The van der Waals surface area contributed by atoms with E-state index < -0.39 is 0 Å². The molecule has 0 atom stereocenters. The van der Waals surface area contributed by atoms with Crippen molar-refractivity contribution in [2.45, 2.75) is 24.8 Å². The fraction of sp³-hybridized carbons (Fsp3) is 0.294. The Kier molecular flexibility index (Phi) is 4.95. The zero-order chi connectivity index (χ0) is 15.4.